The van der Waals surface area contributed by atoms with Gasteiger partial charge in [0.2, 0.25) is 0 Å². The summed E-state index contributed by atoms with van der Waals surface area (Å²) >= 11 is 0. The second kappa shape index (κ2) is 26.7. The molecule has 0 bridgehead atoms. The highest BCUT2D eigenvalue weighted by Gasteiger charge is 2.33. The van der Waals surface area contributed by atoms with Gasteiger partial charge in [-0.05, 0) is 127 Å². The molecule has 3 aliphatic rings. The molecule has 12 heteroatoms. The Hall–Kier alpha value is -9.96. The Morgan fingerprint density at radius 1 is 0.405 bits per heavy atom. The summed E-state index contributed by atoms with van der Waals surface area (Å²) in [4.78, 5) is 31.6. The first-order valence-corrected chi connectivity index (χ1v) is 28.8. The maximum Gasteiger partial charge on any atom is 0.115 e. The molecule has 0 N–H and O–H groups in total. The molecule has 6 heterocycles. The number of nitriles is 3. The fourth-order valence-corrected chi connectivity index (χ4v) is 11.7. The van der Waals surface area contributed by atoms with Crippen molar-refractivity contribution in [3.63, 3.8) is 0 Å². The molecule has 0 radical (unpaired) electrons. The summed E-state index contributed by atoms with van der Waals surface area (Å²) in [7, 11) is 0. The first-order valence-electron chi connectivity index (χ1n) is 28.8. The second-order valence-electron chi connectivity index (χ2n) is 22.4. The Balaban J connectivity index is 0.000000140. The van der Waals surface area contributed by atoms with Crippen molar-refractivity contribution >= 4 is 18.2 Å². The third-order valence-corrected chi connectivity index (χ3v) is 17.3. The van der Waals surface area contributed by atoms with Gasteiger partial charge in [-0.3, -0.25) is 24.9 Å². The summed E-state index contributed by atoms with van der Waals surface area (Å²) in [5.74, 6) is 4.13. The minimum absolute atomic E-state index is 0.244. The molecular weight excluding hydrogens is 1030 g/mol. The first kappa shape index (κ1) is 57.3. The van der Waals surface area contributed by atoms with Crippen LogP contribution in [0.1, 0.15) is 127 Å². The molecule has 84 heavy (non-hydrogen) atoms. The Morgan fingerprint density at radius 3 is 1.31 bits per heavy atom. The van der Waals surface area contributed by atoms with Crippen LogP contribution in [0.5, 0.6) is 0 Å². The summed E-state index contributed by atoms with van der Waals surface area (Å²) in [5.41, 5.74) is 17.2. The van der Waals surface area contributed by atoms with Gasteiger partial charge < -0.3 is 0 Å². The Morgan fingerprint density at radius 2 is 0.833 bits per heavy atom. The van der Waals surface area contributed by atoms with Crippen molar-refractivity contribution in [1.82, 2.24) is 45.1 Å². The molecule has 12 nitrogen and oxygen atoms in total. The number of hydrogen-bond acceptors (Lipinski definition) is 12. The number of nitrogens with zero attached hydrogens (tertiary/aromatic N) is 12. The minimum atomic E-state index is 0.244. The van der Waals surface area contributed by atoms with E-state index < -0.39 is 0 Å². The molecule has 12 rings (SSSR count). The predicted molar refractivity (Wildman–Crippen MR) is 331 cm³/mol. The van der Waals surface area contributed by atoms with E-state index in [1.54, 1.807) is 24.9 Å². The third-order valence-electron chi connectivity index (χ3n) is 17.3. The molecule has 0 aliphatic heterocycles. The average Bonchev–Trinajstić information content (AvgIpc) is 3.59. The van der Waals surface area contributed by atoms with E-state index in [4.69, 9.17) is 0 Å². The van der Waals surface area contributed by atoms with Crippen molar-refractivity contribution in [2.45, 2.75) is 78.6 Å². The Bertz CT molecular complexity index is 3550. The average molecular weight is 1100 g/mol. The fourth-order valence-electron chi connectivity index (χ4n) is 11.7. The van der Waals surface area contributed by atoms with Gasteiger partial charge in [0.05, 0.1) is 69.1 Å². The van der Waals surface area contributed by atoms with Crippen LogP contribution in [0.4, 0.5) is 0 Å². The normalized spacial score (nSPS) is 21.2. The lowest BCUT2D eigenvalue weighted by atomic mass is 9.72. The van der Waals surface area contributed by atoms with E-state index in [-0.39, 0.29) is 5.92 Å². The molecule has 0 fully saturated rings. The number of pyridine rings is 3. The van der Waals surface area contributed by atoms with Gasteiger partial charge in [-0.25, -0.2) is 9.97 Å². The van der Waals surface area contributed by atoms with E-state index >= 15 is 0 Å². The smallest absolute Gasteiger partial charge is 0.115 e. The van der Waals surface area contributed by atoms with Gasteiger partial charge in [-0.15, -0.1) is 0 Å². The summed E-state index contributed by atoms with van der Waals surface area (Å²) in [6.45, 7) is 13.7. The number of rotatable bonds is 9. The van der Waals surface area contributed by atoms with Crippen LogP contribution in [-0.2, 0) is 19.3 Å². The monoisotopic (exact) mass is 1100 g/mol. The van der Waals surface area contributed by atoms with E-state index in [9.17, 15) is 15.8 Å². The molecule has 9 atom stereocenters. The summed E-state index contributed by atoms with van der Waals surface area (Å²) in [5, 5.41) is 36.3. The maximum absolute atomic E-state index is 9.30. The van der Waals surface area contributed by atoms with E-state index in [1.165, 1.54) is 11.1 Å². The predicted octanol–water partition coefficient (Wildman–Crippen LogP) is 15.1. The molecular formula is C72H66N12. The van der Waals surface area contributed by atoms with Crippen molar-refractivity contribution in [3.05, 3.63) is 251 Å². The zero-order chi connectivity index (χ0) is 58.5. The Kier molecular flexibility index (Phi) is 18.2. The zero-order valence-electron chi connectivity index (χ0n) is 48.2. The van der Waals surface area contributed by atoms with E-state index in [0.29, 0.717) is 64.0 Å². The molecule has 414 valence electrons. The molecule has 0 amide bonds. The lowest BCUT2D eigenvalue weighted by molar-refractivity contribution is 0.322. The van der Waals surface area contributed by atoms with Gasteiger partial charge in [0, 0.05) is 100 Å². The van der Waals surface area contributed by atoms with Crippen LogP contribution in [0.3, 0.4) is 0 Å². The van der Waals surface area contributed by atoms with E-state index in [2.05, 4.69) is 147 Å². The van der Waals surface area contributed by atoms with Crippen LogP contribution in [-0.4, -0.2) is 45.1 Å². The quantitative estimate of drug-likeness (QED) is 0.133. The summed E-state index contributed by atoms with van der Waals surface area (Å²) in [6, 6.07) is 43.7. The lowest BCUT2D eigenvalue weighted by Crippen LogP contribution is -2.26. The number of allylic oxidation sites excluding steroid dienone is 3. The highest BCUT2D eigenvalue weighted by Crippen LogP contribution is 2.42. The highest BCUT2D eigenvalue weighted by atomic mass is 15.1. The molecule has 3 aliphatic carbocycles. The maximum atomic E-state index is 9.30. The van der Waals surface area contributed by atoms with Crippen LogP contribution in [0.15, 0.2) is 183 Å². The topological polar surface area (TPSA) is 187 Å². The zero-order valence-corrected chi connectivity index (χ0v) is 48.2. The standard InChI is InChI=1S/3C24H22N4/c1-16-11-24-23(14-26-15-28-24)21(17(16)2)10-9-20-8-7-19(13-27-20)22-6-4-3-5-18(22)12-25;1-16-13-23-24(27-12-11-26-23)21(17(16)2)10-9-20-8-7-19(15-28-20)22-6-4-3-5-18(22)14-25;1-16-13-24-23(11-12-27-28-24)21(17(16)2)10-9-20-8-7-19(15-26-20)22-6-4-3-5-18(22)14-25/h3-10,13-17,21H,11H2,1-2H3;2*3-12,15-17,21H,13H2,1-2H3/b3*10-9+/t3*16-,17+,21-/m000/s1. The lowest BCUT2D eigenvalue weighted by Gasteiger charge is -2.33. The van der Waals surface area contributed by atoms with Crippen LogP contribution in [0.2, 0.25) is 0 Å². The SMILES string of the molecule is C[C@H]1[C@H](/C=C/c2ccc(-c3ccccc3C#N)cn2)c2ccnnc2C[C@@H]1C.C[C@H]1[C@H](/C=C/c2ccc(-c3ccccc3C#N)cn2)c2cncnc2C[C@@H]1C.C[C@H]1[C@H](/C=C/c2ccc(-c3ccccc3C#N)cn2)c2nccnc2C[C@@H]1C. The summed E-state index contributed by atoms with van der Waals surface area (Å²) < 4.78 is 0. The van der Waals surface area contributed by atoms with Crippen LogP contribution < -0.4 is 0 Å². The Labute approximate surface area is 493 Å². The van der Waals surface area contributed by atoms with Gasteiger partial charge in [-0.2, -0.15) is 26.0 Å². The molecule has 0 saturated carbocycles. The number of fused-ring (bicyclic) bond motifs is 3. The molecule has 0 saturated heterocycles. The number of hydrogen-bond donors (Lipinski definition) is 0. The van der Waals surface area contributed by atoms with Gasteiger partial charge in [-0.1, -0.05) is 133 Å². The highest BCUT2D eigenvalue weighted by molar-refractivity contribution is 5.72. The third kappa shape index (κ3) is 13.0. The number of aromatic nitrogens is 9. The molecule has 0 spiro atoms. The van der Waals surface area contributed by atoms with Crippen LogP contribution >= 0.6 is 0 Å². The van der Waals surface area contributed by atoms with Crippen LogP contribution in [0.25, 0.3) is 51.6 Å². The molecule has 0 unspecified atom stereocenters. The van der Waals surface area contributed by atoms with Gasteiger partial charge in [0.25, 0.3) is 0 Å². The molecule has 9 aromatic rings. The molecule has 6 aromatic heterocycles. The van der Waals surface area contributed by atoms with Gasteiger partial charge >= 0.3 is 0 Å². The minimum Gasteiger partial charge on any atom is -0.258 e. The largest absolute Gasteiger partial charge is 0.258 e. The van der Waals surface area contributed by atoms with Crippen molar-refractivity contribution in [2.24, 2.45) is 35.5 Å². The van der Waals surface area contributed by atoms with E-state index in [0.717, 1.165) is 92.5 Å². The second-order valence-corrected chi connectivity index (χ2v) is 22.4. The number of benzene rings is 3. The van der Waals surface area contributed by atoms with Crippen LogP contribution in [0, 0.1) is 69.5 Å². The summed E-state index contributed by atoms with van der Waals surface area (Å²) in [6.07, 6.45) is 30.3. The van der Waals surface area contributed by atoms with E-state index in [1.807, 2.05) is 134 Å². The van der Waals surface area contributed by atoms with Gasteiger partial charge in [0.15, 0.2) is 0 Å². The van der Waals surface area contributed by atoms with Crippen molar-refractivity contribution in [1.29, 1.82) is 15.8 Å². The first-order chi connectivity index (χ1) is 41.0. The van der Waals surface area contributed by atoms with Crippen molar-refractivity contribution < 1.29 is 0 Å². The fraction of sp³-hybridized carbons (Fsp3) is 0.250. The van der Waals surface area contributed by atoms with Gasteiger partial charge in [0.1, 0.15) is 6.33 Å². The molecule has 3 aromatic carbocycles. The van der Waals surface area contributed by atoms with Crippen molar-refractivity contribution in [3.8, 4) is 51.6 Å². The van der Waals surface area contributed by atoms with Crippen molar-refractivity contribution in [2.75, 3.05) is 0 Å².